The molecule has 7 nitrogen and oxygen atoms in total. The average molecular weight is 473 g/mol. The number of pyridine rings is 1. The first-order valence-electron chi connectivity index (χ1n) is 9.64. The largest absolute Gasteiger partial charge is 0.474 e. The van der Waals surface area contributed by atoms with E-state index in [2.05, 4.69) is 25.0 Å². The van der Waals surface area contributed by atoms with Gasteiger partial charge in [-0.1, -0.05) is 22.8 Å². The second kappa shape index (κ2) is 9.00. The number of nitrogens with one attached hydrogen (secondary N) is 1. The number of halogens is 5. The minimum Gasteiger partial charge on any atom is -0.474 e. The molecule has 2 heterocycles. The fourth-order valence-electron chi connectivity index (χ4n) is 2.97. The summed E-state index contributed by atoms with van der Waals surface area (Å²) in [6, 6.07) is 5.77. The molecule has 1 atom stereocenters. The van der Waals surface area contributed by atoms with Crippen LogP contribution in [0.2, 0.25) is 5.02 Å². The standard InChI is InChI=1S/C20H17ClF4N4O3/c21-14-5-4-10(7-15(14)22)13-6-11(8-27-18(13)31-12-2-1-3-12)17(30)26-9-16-28-19(29-32-16)20(23,24)25/h4-8,12,17,26,30H,1-3,9H2. The van der Waals surface area contributed by atoms with Crippen LogP contribution >= 0.6 is 11.6 Å². The normalized spacial score (nSPS) is 15.4. The zero-order valence-electron chi connectivity index (χ0n) is 16.4. The Labute approximate surface area is 184 Å². The Morgan fingerprint density at radius 2 is 2.06 bits per heavy atom. The number of hydrogen-bond donors (Lipinski definition) is 2. The van der Waals surface area contributed by atoms with Crippen LogP contribution in [-0.2, 0) is 12.7 Å². The second-order valence-corrected chi connectivity index (χ2v) is 7.62. The molecule has 1 saturated carbocycles. The molecule has 170 valence electrons. The Bertz CT molecular complexity index is 1100. The van der Waals surface area contributed by atoms with Gasteiger partial charge in [-0.15, -0.1) is 0 Å². The van der Waals surface area contributed by atoms with Crippen molar-refractivity contribution in [3.05, 3.63) is 58.6 Å². The molecule has 1 aromatic carbocycles. The van der Waals surface area contributed by atoms with Crippen molar-refractivity contribution in [1.82, 2.24) is 20.4 Å². The van der Waals surface area contributed by atoms with E-state index in [4.69, 9.17) is 16.3 Å². The molecule has 1 aliphatic carbocycles. The van der Waals surface area contributed by atoms with Gasteiger partial charge in [0.2, 0.25) is 11.8 Å². The van der Waals surface area contributed by atoms with Gasteiger partial charge in [0.25, 0.3) is 5.82 Å². The molecule has 4 rings (SSSR count). The Balaban J connectivity index is 1.55. The van der Waals surface area contributed by atoms with E-state index in [1.807, 2.05) is 0 Å². The minimum atomic E-state index is -4.73. The lowest BCUT2D eigenvalue weighted by Crippen LogP contribution is -2.25. The highest BCUT2D eigenvalue weighted by molar-refractivity contribution is 6.30. The quantitative estimate of drug-likeness (QED) is 0.382. The zero-order valence-corrected chi connectivity index (χ0v) is 17.1. The van der Waals surface area contributed by atoms with E-state index in [-0.39, 0.29) is 35.0 Å². The van der Waals surface area contributed by atoms with Crippen molar-refractivity contribution in [3.8, 4) is 17.0 Å². The molecule has 0 radical (unpaired) electrons. The van der Waals surface area contributed by atoms with Gasteiger partial charge in [-0.2, -0.15) is 18.2 Å². The predicted octanol–water partition coefficient (Wildman–Crippen LogP) is 4.65. The van der Waals surface area contributed by atoms with Crippen LogP contribution in [0.5, 0.6) is 5.88 Å². The molecule has 1 unspecified atom stereocenters. The van der Waals surface area contributed by atoms with Crippen LogP contribution in [0.25, 0.3) is 11.1 Å². The Morgan fingerprint density at radius 1 is 1.28 bits per heavy atom. The third kappa shape index (κ3) is 5.00. The topological polar surface area (TPSA) is 93.3 Å². The summed E-state index contributed by atoms with van der Waals surface area (Å²) in [4.78, 5) is 7.49. The van der Waals surface area contributed by atoms with Crippen LogP contribution in [0.4, 0.5) is 17.6 Å². The summed E-state index contributed by atoms with van der Waals surface area (Å²) in [5.74, 6) is -2.11. The molecule has 3 aromatic rings. The number of aromatic nitrogens is 3. The van der Waals surface area contributed by atoms with Crippen LogP contribution in [0.15, 0.2) is 35.0 Å². The van der Waals surface area contributed by atoms with Gasteiger partial charge in [0.05, 0.1) is 11.6 Å². The molecule has 2 aromatic heterocycles. The van der Waals surface area contributed by atoms with Crippen LogP contribution in [0, 0.1) is 5.82 Å². The van der Waals surface area contributed by atoms with Crippen molar-refractivity contribution >= 4 is 11.6 Å². The predicted molar refractivity (Wildman–Crippen MR) is 104 cm³/mol. The fourth-order valence-corrected chi connectivity index (χ4v) is 3.09. The molecule has 0 aliphatic heterocycles. The highest BCUT2D eigenvalue weighted by atomic mass is 35.5. The number of aliphatic hydroxyl groups is 1. The van der Waals surface area contributed by atoms with Crippen molar-refractivity contribution in [3.63, 3.8) is 0 Å². The maximum Gasteiger partial charge on any atom is 0.455 e. The molecule has 1 fully saturated rings. The van der Waals surface area contributed by atoms with Crippen molar-refractivity contribution < 1.29 is 31.9 Å². The Morgan fingerprint density at radius 3 is 2.69 bits per heavy atom. The van der Waals surface area contributed by atoms with Crippen molar-refractivity contribution in [1.29, 1.82) is 0 Å². The monoisotopic (exact) mass is 472 g/mol. The third-order valence-electron chi connectivity index (χ3n) is 4.92. The molecule has 32 heavy (non-hydrogen) atoms. The highest BCUT2D eigenvalue weighted by Crippen LogP contribution is 2.35. The van der Waals surface area contributed by atoms with E-state index < -0.39 is 24.0 Å². The maximum atomic E-state index is 14.0. The molecular formula is C20H17ClF4N4O3. The van der Waals surface area contributed by atoms with Crippen LogP contribution in [0.3, 0.4) is 0 Å². The van der Waals surface area contributed by atoms with Gasteiger partial charge in [0, 0.05) is 17.3 Å². The summed E-state index contributed by atoms with van der Waals surface area (Å²) in [5, 5.41) is 15.8. The molecule has 2 N–H and O–H groups in total. The third-order valence-corrected chi connectivity index (χ3v) is 5.22. The number of benzene rings is 1. The lowest BCUT2D eigenvalue weighted by Gasteiger charge is -2.27. The van der Waals surface area contributed by atoms with E-state index in [1.165, 1.54) is 18.3 Å². The van der Waals surface area contributed by atoms with Gasteiger partial charge in [0.1, 0.15) is 18.1 Å². The molecule has 12 heteroatoms. The first kappa shape index (κ1) is 22.4. The lowest BCUT2D eigenvalue weighted by molar-refractivity contribution is -0.146. The summed E-state index contributed by atoms with van der Waals surface area (Å²) in [5.41, 5.74) is 1.14. The number of rotatable bonds is 7. The first-order valence-corrected chi connectivity index (χ1v) is 10.0. The van der Waals surface area contributed by atoms with Crippen molar-refractivity contribution in [2.75, 3.05) is 0 Å². The molecular weight excluding hydrogens is 456 g/mol. The van der Waals surface area contributed by atoms with E-state index in [0.29, 0.717) is 11.1 Å². The van der Waals surface area contributed by atoms with Gasteiger partial charge in [0.15, 0.2) is 0 Å². The van der Waals surface area contributed by atoms with Gasteiger partial charge in [-0.05, 0) is 43.0 Å². The molecule has 0 saturated heterocycles. The van der Waals surface area contributed by atoms with Crippen LogP contribution in [0.1, 0.15) is 42.8 Å². The minimum absolute atomic E-state index is 0.00708. The van der Waals surface area contributed by atoms with Gasteiger partial charge in [-0.3, -0.25) is 5.32 Å². The Hall–Kier alpha value is -2.76. The SMILES string of the molecule is OC(NCc1nc(C(F)(F)F)no1)c1cnc(OC2CCC2)c(-c2ccc(Cl)c(F)c2)c1. The van der Waals surface area contributed by atoms with E-state index >= 15 is 0 Å². The van der Waals surface area contributed by atoms with Gasteiger partial charge >= 0.3 is 6.18 Å². The fraction of sp³-hybridized carbons (Fsp3) is 0.350. The highest BCUT2D eigenvalue weighted by Gasteiger charge is 2.37. The summed E-state index contributed by atoms with van der Waals surface area (Å²) >= 11 is 5.77. The summed E-state index contributed by atoms with van der Waals surface area (Å²) in [7, 11) is 0. The van der Waals surface area contributed by atoms with E-state index in [0.717, 1.165) is 19.3 Å². The molecule has 0 amide bonds. The summed E-state index contributed by atoms with van der Waals surface area (Å²) in [6.45, 7) is -0.324. The molecule has 1 aliphatic rings. The lowest BCUT2D eigenvalue weighted by atomic mass is 9.96. The molecule has 0 bridgehead atoms. The first-order chi connectivity index (χ1) is 15.2. The van der Waals surface area contributed by atoms with E-state index in [1.54, 1.807) is 12.1 Å². The summed E-state index contributed by atoms with van der Waals surface area (Å²) in [6.07, 6.45) is -1.90. The Kier molecular flexibility index (Phi) is 6.31. The summed E-state index contributed by atoms with van der Waals surface area (Å²) < 4.78 is 62.2. The second-order valence-electron chi connectivity index (χ2n) is 7.21. The maximum absolute atomic E-state index is 14.0. The van der Waals surface area contributed by atoms with E-state index in [9.17, 15) is 22.7 Å². The number of alkyl halides is 3. The number of aliphatic hydroxyl groups excluding tert-OH is 1. The number of ether oxygens (including phenoxy) is 1. The average Bonchev–Trinajstić information content (AvgIpc) is 3.21. The van der Waals surface area contributed by atoms with Crippen molar-refractivity contribution in [2.45, 2.75) is 44.3 Å². The smallest absolute Gasteiger partial charge is 0.455 e. The van der Waals surface area contributed by atoms with Crippen molar-refractivity contribution in [2.24, 2.45) is 0 Å². The van der Waals surface area contributed by atoms with Gasteiger partial charge in [-0.25, -0.2) is 9.37 Å². The zero-order chi connectivity index (χ0) is 22.9. The number of hydrogen-bond acceptors (Lipinski definition) is 7. The van der Waals surface area contributed by atoms with Gasteiger partial charge < -0.3 is 14.4 Å². The van der Waals surface area contributed by atoms with Crippen LogP contribution < -0.4 is 10.1 Å². The number of nitrogens with zero attached hydrogens (tertiary/aromatic N) is 3. The molecule has 0 spiro atoms. The van der Waals surface area contributed by atoms with Crippen LogP contribution in [-0.4, -0.2) is 26.3 Å².